The van der Waals surface area contributed by atoms with Crippen molar-refractivity contribution in [2.45, 2.75) is 0 Å². The summed E-state index contributed by atoms with van der Waals surface area (Å²) in [6.45, 7) is 0. The molecule has 142 valence electrons. The van der Waals surface area contributed by atoms with E-state index < -0.39 is 17.1 Å². The standard InChI is InChI=1S/C20H11N5O2.CH3Br/c21-10-20(11-22)15-16(13-8-4-5-9-14(13)17(15)26)23-19(20)25-24-18(27)12-6-2-1-3-7-12;1-2/h1-9H,(H,23,25)(H,24,27);1H3. The predicted octanol–water partition coefficient (Wildman–Crippen LogP) is 2.99. The SMILES string of the molecule is CBr.N#CC1(C#N)C(NNC(=O)c2ccccc2)=NC2=C1C(=O)c1ccccc12. The lowest BCUT2D eigenvalue weighted by molar-refractivity contribution is 0.0943. The quantitative estimate of drug-likeness (QED) is 0.514. The molecule has 1 heterocycles. The molecule has 0 saturated heterocycles. The molecule has 2 aromatic rings. The van der Waals surface area contributed by atoms with E-state index in [1.54, 1.807) is 54.6 Å². The second kappa shape index (κ2) is 8.09. The fraction of sp³-hybridized carbons (Fsp3) is 0.0952. The zero-order chi connectivity index (χ0) is 21.0. The van der Waals surface area contributed by atoms with Crippen LogP contribution < -0.4 is 10.9 Å². The topological polar surface area (TPSA) is 118 Å². The largest absolute Gasteiger partial charge is 0.289 e. The van der Waals surface area contributed by atoms with Crippen LogP contribution in [0.5, 0.6) is 0 Å². The zero-order valence-corrected chi connectivity index (χ0v) is 16.8. The van der Waals surface area contributed by atoms with Gasteiger partial charge in [0.25, 0.3) is 5.91 Å². The van der Waals surface area contributed by atoms with Crippen LogP contribution in [0.4, 0.5) is 0 Å². The van der Waals surface area contributed by atoms with Gasteiger partial charge in [-0.1, -0.05) is 58.4 Å². The lowest BCUT2D eigenvalue weighted by Gasteiger charge is -2.19. The molecule has 2 aromatic carbocycles. The highest BCUT2D eigenvalue weighted by molar-refractivity contribution is 9.08. The van der Waals surface area contributed by atoms with E-state index in [1.807, 2.05) is 18.0 Å². The van der Waals surface area contributed by atoms with Crippen molar-refractivity contribution in [2.75, 3.05) is 5.83 Å². The number of alkyl halides is 1. The smallest absolute Gasteiger partial charge is 0.269 e. The van der Waals surface area contributed by atoms with Gasteiger partial charge in [-0.3, -0.25) is 20.4 Å². The van der Waals surface area contributed by atoms with Gasteiger partial charge in [-0.05, 0) is 18.0 Å². The van der Waals surface area contributed by atoms with Crippen LogP contribution in [0.25, 0.3) is 5.70 Å². The first-order valence-electron chi connectivity index (χ1n) is 8.42. The molecule has 0 aromatic heterocycles. The van der Waals surface area contributed by atoms with Crippen molar-refractivity contribution >= 4 is 39.2 Å². The Morgan fingerprint density at radius 2 is 1.59 bits per heavy atom. The van der Waals surface area contributed by atoms with Crippen LogP contribution in [0, 0.1) is 28.1 Å². The van der Waals surface area contributed by atoms with Crippen molar-refractivity contribution in [1.29, 1.82) is 10.5 Å². The number of hydrazine groups is 1. The van der Waals surface area contributed by atoms with Gasteiger partial charge in [0.15, 0.2) is 11.6 Å². The molecule has 7 nitrogen and oxygen atoms in total. The average Bonchev–Trinajstić information content (AvgIpc) is 3.27. The van der Waals surface area contributed by atoms with E-state index in [0.29, 0.717) is 16.7 Å². The van der Waals surface area contributed by atoms with Crippen molar-refractivity contribution in [2.24, 2.45) is 10.4 Å². The number of hydrogen-bond donors (Lipinski definition) is 2. The number of rotatable bonds is 1. The summed E-state index contributed by atoms with van der Waals surface area (Å²) in [6, 6.07) is 19.0. The van der Waals surface area contributed by atoms with Gasteiger partial charge in [0.05, 0.1) is 23.4 Å². The zero-order valence-electron chi connectivity index (χ0n) is 15.2. The van der Waals surface area contributed by atoms with E-state index in [1.165, 1.54) is 0 Å². The molecule has 0 fully saturated rings. The molecular formula is C21H14BrN5O2. The Labute approximate surface area is 175 Å². The molecule has 0 radical (unpaired) electrons. The Morgan fingerprint density at radius 3 is 2.21 bits per heavy atom. The summed E-state index contributed by atoms with van der Waals surface area (Å²) in [5.74, 6) is 0.859. The van der Waals surface area contributed by atoms with Crippen LogP contribution in [0.3, 0.4) is 0 Å². The van der Waals surface area contributed by atoms with E-state index in [-0.39, 0.29) is 17.1 Å². The third-order valence-corrected chi connectivity index (χ3v) is 4.51. The molecular weight excluding hydrogens is 434 g/mol. The molecule has 1 aliphatic heterocycles. The van der Waals surface area contributed by atoms with Crippen LogP contribution in [-0.2, 0) is 0 Å². The number of carbonyl (C=O) groups excluding carboxylic acids is 2. The summed E-state index contributed by atoms with van der Waals surface area (Å²) in [5, 5.41) is 19.4. The Balaban J connectivity index is 0.00000117. The first-order valence-corrected chi connectivity index (χ1v) is 10.0. The number of ketones is 1. The number of nitriles is 2. The van der Waals surface area contributed by atoms with Crippen LogP contribution >= 0.6 is 15.9 Å². The van der Waals surface area contributed by atoms with E-state index in [4.69, 9.17) is 0 Å². The summed E-state index contributed by atoms with van der Waals surface area (Å²) in [5.41, 5.74) is 4.77. The summed E-state index contributed by atoms with van der Waals surface area (Å²) in [4.78, 5) is 29.3. The minimum atomic E-state index is -1.91. The van der Waals surface area contributed by atoms with Gasteiger partial charge < -0.3 is 0 Å². The second-order valence-corrected chi connectivity index (χ2v) is 5.98. The monoisotopic (exact) mass is 447 g/mol. The molecule has 0 spiro atoms. The molecule has 1 amide bonds. The van der Waals surface area contributed by atoms with Gasteiger partial charge in [0, 0.05) is 16.7 Å². The van der Waals surface area contributed by atoms with E-state index >= 15 is 0 Å². The minimum Gasteiger partial charge on any atom is -0.289 e. The molecule has 2 aliphatic rings. The molecule has 0 unspecified atom stereocenters. The maximum absolute atomic E-state index is 12.8. The highest BCUT2D eigenvalue weighted by atomic mass is 79.9. The fourth-order valence-corrected chi connectivity index (χ4v) is 3.18. The van der Waals surface area contributed by atoms with Crippen molar-refractivity contribution in [3.05, 3.63) is 76.9 Å². The average molecular weight is 448 g/mol. The van der Waals surface area contributed by atoms with Gasteiger partial charge in [0.1, 0.15) is 0 Å². The third kappa shape index (κ3) is 3.10. The Bertz CT molecular complexity index is 1130. The Morgan fingerprint density at radius 1 is 1.00 bits per heavy atom. The number of carbonyl (C=O) groups is 2. The van der Waals surface area contributed by atoms with Crippen LogP contribution in [0.2, 0.25) is 0 Å². The molecule has 4 rings (SSSR count). The first-order chi connectivity index (χ1) is 14.1. The van der Waals surface area contributed by atoms with Gasteiger partial charge in [0.2, 0.25) is 5.41 Å². The molecule has 2 N–H and O–H groups in total. The molecule has 1 aliphatic carbocycles. The summed E-state index contributed by atoms with van der Waals surface area (Å²) >= 11 is 2.94. The number of amides is 1. The number of Topliss-reactive ketones (excluding diaryl/α,β-unsaturated/α-hetero) is 1. The molecule has 0 bridgehead atoms. The van der Waals surface area contributed by atoms with Crippen LogP contribution in [-0.4, -0.2) is 23.4 Å². The number of nitrogens with one attached hydrogen (secondary N) is 2. The van der Waals surface area contributed by atoms with Crippen molar-refractivity contribution in [3.63, 3.8) is 0 Å². The normalized spacial score (nSPS) is 15.0. The van der Waals surface area contributed by atoms with Gasteiger partial charge >= 0.3 is 0 Å². The van der Waals surface area contributed by atoms with E-state index in [9.17, 15) is 20.1 Å². The summed E-state index contributed by atoms with van der Waals surface area (Å²) in [7, 11) is 0. The van der Waals surface area contributed by atoms with Crippen LogP contribution in [0.15, 0.2) is 65.2 Å². The van der Waals surface area contributed by atoms with Crippen LogP contribution in [0.1, 0.15) is 26.3 Å². The number of halogens is 1. The summed E-state index contributed by atoms with van der Waals surface area (Å²) < 4.78 is 0. The maximum atomic E-state index is 12.8. The molecule has 29 heavy (non-hydrogen) atoms. The minimum absolute atomic E-state index is 0.0187. The molecule has 8 heteroatoms. The lowest BCUT2D eigenvalue weighted by Crippen LogP contribution is -2.48. The predicted molar refractivity (Wildman–Crippen MR) is 111 cm³/mol. The van der Waals surface area contributed by atoms with Crippen molar-refractivity contribution in [1.82, 2.24) is 10.9 Å². The maximum Gasteiger partial charge on any atom is 0.269 e. The van der Waals surface area contributed by atoms with E-state index in [0.717, 1.165) is 0 Å². The molecule has 0 saturated carbocycles. The Hall–Kier alpha value is -3.75. The fourth-order valence-electron chi connectivity index (χ4n) is 3.18. The third-order valence-electron chi connectivity index (χ3n) is 4.51. The highest BCUT2D eigenvalue weighted by Gasteiger charge is 2.54. The van der Waals surface area contributed by atoms with Crippen molar-refractivity contribution in [3.8, 4) is 12.1 Å². The van der Waals surface area contributed by atoms with Crippen molar-refractivity contribution < 1.29 is 9.59 Å². The lowest BCUT2D eigenvalue weighted by atomic mass is 9.81. The number of nitrogens with zero attached hydrogens (tertiary/aromatic N) is 3. The first kappa shape index (κ1) is 20.0. The highest BCUT2D eigenvalue weighted by Crippen LogP contribution is 2.47. The number of aliphatic imine (C=N–C) groups is 1. The van der Waals surface area contributed by atoms with Gasteiger partial charge in [-0.15, -0.1) is 0 Å². The van der Waals surface area contributed by atoms with Gasteiger partial charge in [-0.25, -0.2) is 4.99 Å². The molecule has 0 atom stereocenters. The number of hydrogen-bond acceptors (Lipinski definition) is 6. The van der Waals surface area contributed by atoms with Gasteiger partial charge in [-0.2, -0.15) is 10.5 Å². The Kier molecular flexibility index (Phi) is 5.58. The number of fused-ring (bicyclic) bond motifs is 2. The number of amidine groups is 1. The van der Waals surface area contributed by atoms with E-state index in [2.05, 4.69) is 31.8 Å². The summed E-state index contributed by atoms with van der Waals surface area (Å²) in [6.07, 6.45) is 0. The number of benzene rings is 2. The second-order valence-electron chi connectivity index (χ2n) is 5.98.